The number of urea groups is 1. The number of hydrogen-bond donors (Lipinski definition) is 1. The summed E-state index contributed by atoms with van der Waals surface area (Å²) in [7, 11) is 0. The fraction of sp³-hybridized carbons (Fsp3) is 0.278. The number of benzene rings is 1. The van der Waals surface area contributed by atoms with Crippen molar-refractivity contribution < 1.29 is 27.7 Å². The Hall–Kier alpha value is -3.48. The molecular formula is C18H17F3N5O2+. The Morgan fingerprint density at radius 2 is 1.82 bits per heavy atom. The number of amides is 2. The van der Waals surface area contributed by atoms with E-state index in [0.717, 1.165) is 12.1 Å². The SMILES string of the molecule is N#Cc1ccc[nH+]c1N1CCN(C(=O)Nc2ccc(OC(F)(F)F)cc2)CC1. The third kappa shape index (κ3) is 4.82. The molecule has 2 N–H and O–H groups in total. The average Bonchev–Trinajstić information content (AvgIpc) is 2.68. The number of pyridine rings is 1. The number of nitrogens with one attached hydrogen (secondary N) is 2. The Bertz CT molecular complexity index is 872. The van der Waals surface area contributed by atoms with Crippen LogP contribution in [0.25, 0.3) is 0 Å². The van der Waals surface area contributed by atoms with E-state index in [1.807, 2.05) is 4.90 Å². The fourth-order valence-corrected chi connectivity index (χ4v) is 2.86. The third-order valence-electron chi connectivity index (χ3n) is 4.18. The van der Waals surface area contributed by atoms with Gasteiger partial charge in [0, 0.05) is 5.69 Å². The maximum absolute atomic E-state index is 12.4. The van der Waals surface area contributed by atoms with Crippen molar-refractivity contribution in [1.29, 1.82) is 5.26 Å². The van der Waals surface area contributed by atoms with Gasteiger partial charge in [0.1, 0.15) is 30.5 Å². The first-order chi connectivity index (χ1) is 13.4. The second-order valence-electron chi connectivity index (χ2n) is 6.02. The quantitative estimate of drug-likeness (QED) is 0.871. The van der Waals surface area contributed by atoms with Crippen LogP contribution in [0.1, 0.15) is 5.56 Å². The molecule has 7 nitrogen and oxygen atoms in total. The number of halogens is 3. The number of rotatable bonds is 3. The molecule has 0 saturated carbocycles. The monoisotopic (exact) mass is 392 g/mol. The van der Waals surface area contributed by atoms with E-state index in [2.05, 4.69) is 21.1 Å². The van der Waals surface area contributed by atoms with Crippen LogP contribution in [0.2, 0.25) is 0 Å². The van der Waals surface area contributed by atoms with E-state index >= 15 is 0 Å². The minimum atomic E-state index is -4.76. The Morgan fingerprint density at radius 1 is 1.14 bits per heavy atom. The van der Waals surface area contributed by atoms with Crippen LogP contribution in [-0.4, -0.2) is 43.5 Å². The third-order valence-corrected chi connectivity index (χ3v) is 4.18. The maximum Gasteiger partial charge on any atom is 0.573 e. The van der Waals surface area contributed by atoms with Gasteiger partial charge in [0.15, 0.2) is 0 Å². The molecule has 0 unspecified atom stereocenters. The summed E-state index contributed by atoms with van der Waals surface area (Å²) in [4.78, 5) is 19.0. The first-order valence-electron chi connectivity index (χ1n) is 8.43. The second kappa shape index (κ2) is 8.04. The Labute approximate surface area is 158 Å². The molecule has 1 fully saturated rings. The highest BCUT2D eigenvalue weighted by molar-refractivity contribution is 5.89. The molecule has 1 aliphatic heterocycles. The van der Waals surface area contributed by atoms with E-state index in [1.165, 1.54) is 12.1 Å². The predicted molar refractivity (Wildman–Crippen MR) is 93.6 cm³/mol. The van der Waals surface area contributed by atoms with Crippen LogP contribution in [0.3, 0.4) is 0 Å². The van der Waals surface area contributed by atoms with Gasteiger partial charge >= 0.3 is 12.4 Å². The molecule has 0 radical (unpaired) electrons. The normalized spacial score (nSPS) is 14.4. The highest BCUT2D eigenvalue weighted by atomic mass is 19.4. The highest BCUT2D eigenvalue weighted by Crippen LogP contribution is 2.24. The van der Waals surface area contributed by atoms with Crippen LogP contribution in [-0.2, 0) is 0 Å². The van der Waals surface area contributed by atoms with Crippen molar-refractivity contribution in [3.63, 3.8) is 0 Å². The van der Waals surface area contributed by atoms with Gasteiger partial charge in [-0.1, -0.05) is 0 Å². The van der Waals surface area contributed by atoms with Crippen molar-refractivity contribution in [3.05, 3.63) is 48.2 Å². The largest absolute Gasteiger partial charge is 0.573 e. The number of anilines is 2. The van der Waals surface area contributed by atoms with Gasteiger partial charge in [-0.2, -0.15) is 5.26 Å². The maximum atomic E-state index is 12.4. The minimum absolute atomic E-state index is 0.346. The summed E-state index contributed by atoms with van der Waals surface area (Å²) in [5.74, 6) is 0.358. The summed E-state index contributed by atoms with van der Waals surface area (Å²) in [5.41, 5.74) is 0.895. The van der Waals surface area contributed by atoms with Gasteiger partial charge in [0.2, 0.25) is 0 Å². The van der Waals surface area contributed by atoms with Gasteiger partial charge < -0.3 is 15.0 Å². The standard InChI is InChI=1S/C18H16F3N5O2/c19-18(20,21)28-15-5-3-14(4-6-15)24-17(27)26-10-8-25(9-11-26)16-13(12-22)2-1-7-23-16/h1-7H,8-11H2,(H,24,27)/p+1. The van der Waals surface area contributed by atoms with Gasteiger partial charge in [0.05, 0.1) is 19.3 Å². The average molecular weight is 392 g/mol. The van der Waals surface area contributed by atoms with Crippen molar-refractivity contribution in [3.8, 4) is 11.8 Å². The molecule has 10 heteroatoms. The van der Waals surface area contributed by atoms with Crippen molar-refractivity contribution in [2.75, 3.05) is 36.4 Å². The first kappa shape index (κ1) is 19.3. The summed E-state index contributed by atoms with van der Waals surface area (Å²) < 4.78 is 40.3. The molecule has 1 aliphatic rings. The summed E-state index contributed by atoms with van der Waals surface area (Å²) in [6, 6.07) is 10.2. The molecule has 2 amide bonds. The number of nitriles is 1. The topological polar surface area (TPSA) is 82.7 Å². The van der Waals surface area contributed by atoms with E-state index in [9.17, 15) is 23.2 Å². The fourth-order valence-electron chi connectivity index (χ4n) is 2.86. The van der Waals surface area contributed by atoms with E-state index in [0.29, 0.717) is 43.2 Å². The molecular weight excluding hydrogens is 375 g/mol. The number of H-pyrrole nitrogens is 1. The van der Waals surface area contributed by atoms with Crippen LogP contribution in [0, 0.1) is 11.3 Å². The minimum Gasteiger partial charge on any atom is -0.406 e. The number of ether oxygens (including phenoxy) is 1. The van der Waals surface area contributed by atoms with Gasteiger partial charge in [-0.05, 0) is 36.4 Å². The zero-order valence-corrected chi connectivity index (χ0v) is 14.7. The van der Waals surface area contributed by atoms with Crippen LogP contribution in [0.5, 0.6) is 5.75 Å². The predicted octanol–water partition coefficient (Wildman–Crippen LogP) is 2.63. The molecule has 2 heterocycles. The van der Waals surface area contributed by atoms with Gasteiger partial charge in [-0.15, -0.1) is 13.2 Å². The lowest BCUT2D eigenvalue weighted by Gasteiger charge is -2.31. The Morgan fingerprint density at radius 3 is 2.43 bits per heavy atom. The lowest BCUT2D eigenvalue weighted by molar-refractivity contribution is -0.364. The molecule has 1 saturated heterocycles. The van der Waals surface area contributed by atoms with E-state index in [4.69, 9.17) is 0 Å². The molecule has 0 bridgehead atoms. The number of alkyl halides is 3. The number of aromatic nitrogens is 1. The van der Waals surface area contributed by atoms with E-state index < -0.39 is 6.36 Å². The number of hydrogen-bond acceptors (Lipinski definition) is 4. The Kier molecular flexibility index (Phi) is 5.54. The van der Waals surface area contributed by atoms with Gasteiger partial charge in [0.25, 0.3) is 5.82 Å². The zero-order chi connectivity index (χ0) is 20.1. The van der Waals surface area contributed by atoms with Gasteiger partial charge in [-0.3, -0.25) is 4.90 Å². The summed E-state index contributed by atoms with van der Waals surface area (Å²) in [6.07, 6.45) is -3.02. The van der Waals surface area contributed by atoms with Crippen molar-refractivity contribution in [1.82, 2.24) is 4.90 Å². The van der Waals surface area contributed by atoms with Crippen molar-refractivity contribution in [2.24, 2.45) is 0 Å². The Balaban J connectivity index is 1.55. The number of nitrogens with zero attached hydrogens (tertiary/aromatic N) is 3. The molecule has 28 heavy (non-hydrogen) atoms. The number of aromatic amines is 1. The lowest BCUT2D eigenvalue weighted by Crippen LogP contribution is -2.51. The number of carbonyl (C=O) groups excluding carboxylic acids is 1. The molecule has 0 atom stereocenters. The number of piperazine rings is 1. The molecule has 3 rings (SSSR count). The van der Waals surface area contributed by atoms with E-state index in [-0.39, 0.29) is 11.8 Å². The highest BCUT2D eigenvalue weighted by Gasteiger charge is 2.31. The second-order valence-corrected chi connectivity index (χ2v) is 6.02. The van der Waals surface area contributed by atoms with Crippen LogP contribution in [0.4, 0.5) is 29.5 Å². The van der Waals surface area contributed by atoms with Gasteiger partial charge in [-0.25, -0.2) is 9.78 Å². The smallest absolute Gasteiger partial charge is 0.406 e. The zero-order valence-electron chi connectivity index (χ0n) is 14.7. The molecule has 1 aromatic heterocycles. The lowest BCUT2D eigenvalue weighted by atomic mass is 10.2. The van der Waals surface area contributed by atoms with Crippen LogP contribution < -0.4 is 19.9 Å². The van der Waals surface area contributed by atoms with Crippen molar-refractivity contribution in [2.45, 2.75) is 6.36 Å². The number of carbonyl (C=O) groups is 1. The summed E-state index contributed by atoms with van der Waals surface area (Å²) in [6.45, 7) is 1.96. The molecule has 0 aliphatic carbocycles. The van der Waals surface area contributed by atoms with Crippen LogP contribution >= 0.6 is 0 Å². The van der Waals surface area contributed by atoms with Crippen molar-refractivity contribution >= 4 is 17.5 Å². The molecule has 146 valence electrons. The first-order valence-corrected chi connectivity index (χ1v) is 8.43. The molecule has 0 spiro atoms. The van der Waals surface area contributed by atoms with Crippen LogP contribution in [0.15, 0.2) is 42.6 Å². The molecule has 1 aromatic carbocycles. The summed E-state index contributed by atoms with van der Waals surface area (Å²) in [5, 5.41) is 11.8. The molecule has 2 aromatic rings. The van der Waals surface area contributed by atoms with E-state index in [1.54, 1.807) is 23.2 Å². The summed E-state index contributed by atoms with van der Waals surface area (Å²) >= 11 is 0.